The molecule has 1 aliphatic rings. The van der Waals surface area contributed by atoms with Crippen molar-refractivity contribution in [2.75, 3.05) is 52.9 Å². The summed E-state index contributed by atoms with van der Waals surface area (Å²) in [4.78, 5) is 22.2. The molecule has 0 unspecified atom stereocenters. The predicted molar refractivity (Wildman–Crippen MR) is 136 cm³/mol. The summed E-state index contributed by atoms with van der Waals surface area (Å²) >= 11 is 0. The highest BCUT2D eigenvalue weighted by Gasteiger charge is 2.22. The largest absolute Gasteiger partial charge is 0.491 e. The van der Waals surface area contributed by atoms with E-state index < -0.39 is 11.9 Å². The van der Waals surface area contributed by atoms with Crippen LogP contribution in [0.4, 0.5) is 0 Å². The maximum atomic E-state index is 11.3. The van der Waals surface area contributed by atoms with E-state index >= 15 is 0 Å². The van der Waals surface area contributed by atoms with E-state index in [1.54, 1.807) is 6.92 Å². The van der Waals surface area contributed by atoms with E-state index in [-0.39, 0.29) is 12.7 Å². The maximum Gasteiger partial charge on any atom is 0.333 e. The van der Waals surface area contributed by atoms with Gasteiger partial charge in [0.15, 0.2) is 0 Å². The number of rotatable bonds is 18. The van der Waals surface area contributed by atoms with Gasteiger partial charge in [-0.1, -0.05) is 25.3 Å². The van der Waals surface area contributed by atoms with Gasteiger partial charge in [-0.2, -0.15) is 0 Å². The molecule has 2 rings (SSSR count). The van der Waals surface area contributed by atoms with Crippen LogP contribution in [-0.4, -0.2) is 70.9 Å². The number of benzene rings is 1. The summed E-state index contributed by atoms with van der Waals surface area (Å²) in [5.41, 5.74) is 1.71. The summed E-state index contributed by atoms with van der Waals surface area (Å²) in [6.45, 7) is 11.9. The first kappa shape index (κ1) is 29.5. The molecule has 1 aromatic rings. The minimum atomic E-state index is -0.405. The van der Waals surface area contributed by atoms with Crippen LogP contribution in [0.2, 0.25) is 0 Å². The number of carbonyl (C=O) groups excluding carboxylic acids is 2. The Hall–Kier alpha value is -2.68. The number of ether oxygens (including phenoxy) is 6. The zero-order valence-electron chi connectivity index (χ0n) is 21.4. The normalized spacial score (nSPS) is 17.2. The van der Waals surface area contributed by atoms with Gasteiger partial charge < -0.3 is 28.4 Å². The van der Waals surface area contributed by atoms with Crippen molar-refractivity contribution in [3.63, 3.8) is 0 Å². The highest BCUT2D eigenvalue weighted by molar-refractivity contribution is 5.86. The first-order valence-corrected chi connectivity index (χ1v) is 12.6. The van der Waals surface area contributed by atoms with Crippen molar-refractivity contribution in [1.29, 1.82) is 0 Å². The molecule has 0 spiro atoms. The molecule has 0 amide bonds. The van der Waals surface area contributed by atoms with Crippen LogP contribution in [0.15, 0.2) is 49.1 Å². The van der Waals surface area contributed by atoms with Crippen LogP contribution in [-0.2, 0) is 33.3 Å². The van der Waals surface area contributed by atoms with Crippen molar-refractivity contribution in [3.8, 4) is 5.75 Å². The molecule has 0 bridgehead atoms. The summed E-state index contributed by atoms with van der Waals surface area (Å²) in [5, 5.41) is 0. The minimum absolute atomic E-state index is 0.206. The average molecular weight is 505 g/mol. The van der Waals surface area contributed by atoms with Gasteiger partial charge in [0.1, 0.15) is 19.0 Å². The highest BCUT2D eigenvalue weighted by atomic mass is 16.6. The quantitative estimate of drug-likeness (QED) is 0.165. The second kappa shape index (κ2) is 17.7. The molecule has 0 radical (unpaired) electrons. The lowest BCUT2D eigenvalue weighted by Crippen LogP contribution is -2.22. The van der Waals surface area contributed by atoms with Gasteiger partial charge in [-0.15, -0.1) is 0 Å². The van der Waals surface area contributed by atoms with Crippen molar-refractivity contribution >= 4 is 11.9 Å². The van der Waals surface area contributed by atoms with Crippen molar-refractivity contribution < 1.29 is 38.0 Å². The molecule has 0 atom stereocenters. The van der Waals surface area contributed by atoms with Gasteiger partial charge in [0.25, 0.3) is 0 Å². The van der Waals surface area contributed by atoms with E-state index in [1.165, 1.54) is 5.56 Å². The van der Waals surface area contributed by atoms with Crippen LogP contribution in [0, 0.1) is 0 Å². The van der Waals surface area contributed by atoms with E-state index in [1.807, 2.05) is 12.1 Å². The Morgan fingerprint density at radius 1 is 0.861 bits per heavy atom. The van der Waals surface area contributed by atoms with Gasteiger partial charge in [0.05, 0.1) is 39.1 Å². The summed E-state index contributed by atoms with van der Waals surface area (Å²) in [6, 6.07) is 8.28. The third-order valence-electron chi connectivity index (χ3n) is 5.76. The van der Waals surface area contributed by atoms with E-state index in [9.17, 15) is 9.59 Å². The van der Waals surface area contributed by atoms with Crippen molar-refractivity contribution in [2.24, 2.45) is 0 Å². The smallest absolute Gasteiger partial charge is 0.333 e. The summed E-state index contributed by atoms with van der Waals surface area (Å²) < 4.78 is 32.5. The molecular weight excluding hydrogens is 464 g/mol. The van der Waals surface area contributed by atoms with E-state index in [0.29, 0.717) is 64.2 Å². The lowest BCUT2D eigenvalue weighted by molar-refractivity contribution is -0.140. The zero-order valence-corrected chi connectivity index (χ0v) is 21.4. The Labute approximate surface area is 214 Å². The highest BCUT2D eigenvalue weighted by Crippen LogP contribution is 2.34. The van der Waals surface area contributed by atoms with Crippen molar-refractivity contribution in [3.05, 3.63) is 54.6 Å². The molecule has 8 nitrogen and oxygen atoms in total. The molecular formula is C28H40O8. The standard InChI is InChI=1S/C28H40O8/c1-4-27(29)35-15-5-14-31-16-19-33-25-10-6-23(7-11-25)24-8-12-26(13-9-24)34-20-17-32-18-21-36-28(30)22(2)3/h4,8-9,12-13,23,25H,1-2,5-7,10-11,14-21H2,3H3. The Balaban J connectivity index is 1.50. The first-order chi connectivity index (χ1) is 17.5. The lowest BCUT2D eigenvalue weighted by atomic mass is 9.83. The Bertz CT molecular complexity index is 796. The fraction of sp³-hybridized carbons (Fsp3) is 0.571. The lowest BCUT2D eigenvalue weighted by Gasteiger charge is -2.29. The van der Waals surface area contributed by atoms with Crippen LogP contribution in [0.3, 0.4) is 0 Å². The molecule has 1 aromatic carbocycles. The number of hydrogen-bond acceptors (Lipinski definition) is 8. The van der Waals surface area contributed by atoms with Gasteiger partial charge in [0, 0.05) is 24.7 Å². The van der Waals surface area contributed by atoms with Gasteiger partial charge in [-0.05, 0) is 56.2 Å². The zero-order chi connectivity index (χ0) is 26.0. The van der Waals surface area contributed by atoms with E-state index in [2.05, 4.69) is 25.3 Å². The van der Waals surface area contributed by atoms with Gasteiger partial charge in [-0.25, -0.2) is 9.59 Å². The third kappa shape index (κ3) is 12.3. The third-order valence-corrected chi connectivity index (χ3v) is 5.76. The molecule has 0 saturated heterocycles. The number of carbonyl (C=O) groups is 2. The number of esters is 2. The van der Waals surface area contributed by atoms with Crippen LogP contribution < -0.4 is 4.74 Å². The molecule has 1 aliphatic carbocycles. The molecule has 0 heterocycles. The maximum absolute atomic E-state index is 11.3. The van der Waals surface area contributed by atoms with Crippen molar-refractivity contribution in [1.82, 2.24) is 0 Å². The Morgan fingerprint density at radius 3 is 2.22 bits per heavy atom. The topological polar surface area (TPSA) is 89.5 Å². The van der Waals surface area contributed by atoms with Crippen molar-refractivity contribution in [2.45, 2.75) is 51.0 Å². The second-order valence-electron chi connectivity index (χ2n) is 8.63. The fourth-order valence-corrected chi connectivity index (χ4v) is 3.80. The molecule has 200 valence electrons. The van der Waals surface area contributed by atoms with Crippen LogP contribution in [0.5, 0.6) is 5.75 Å². The SMILES string of the molecule is C=CC(=O)OCCCOCCOC1CCC(c2ccc(OCCOCCOC(=O)C(=C)C)cc2)CC1. The second-order valence-corrected chi connectivity index (χ2v) is 8.63. The van der Waals surface area contributed by atoms with Crippen LogP contribution in [0.1, 0.15) is 50.5 Å². The Kier molecular flexibility index (Phi) is 14.5. The molecule has 1 fully saturated rings. The average Bonchev–Trinajstić information content (AvgIpc) is 2.90. The molecule has 8 heteroatoms. The summed E-state index contributed by atoms with van der Waals surface area (Å²) in [6.07, 6.45) is 6.39. The number of hydrogen-bond donors (Lipinski definition) is 0. The molecule has 36 heavy (non-hydrogen) atoms. The molecule has 0 N–H and O–H groups in total. The predicted octanol–water partition coefficient (Wildman–Crippen LogP) is 4.38. The van der Waals surface area contributed by atoms with Gasteiger partial charge >= 0.3 is 11.9 Å². The van der Waals surface area contributed by atoms with Gasteiger partial charge in [0.2, 0.25) is 0 Å². The van der Waals surface area contributed by atoms with E-state index in [4.69, 9.17) is 28.4 Å². The van der Waals surface area contributed by atoms with Crippen LogP contribution >= 0.6 is 0 Å². The monoisotopic (exact) mass is 504 g/mol. The Morgan fingerprint density at radius 2 is 1.53 bits per heavy atom. The summed E-state index contributed by atoms with van der Waals surface area (Å²) in [7, 11) is 0. The summed E-state index contributed by atoms with van der Waals surface area (Å²) in [5.74, 6) is 0.544. The fourth-order valence-electron chi connectivity index (χ4n) is 3.80. The molecule has 0 aliphatic heterocycles. The van der Waals surface area contributed by atoms with E-state index in [0.717, 1.165) is 37.5 Å². The van der Waals surface area contributed by atoms with Gasteiger partial charge in [-0.3, -0.25) is 0 Å². The van der Waals surface area contributed by atoms with Crippen LogP contribution in [0.25, 0.3) is 0 Å². The first-order valence-electron chi connectivity index (χ1n) is 12.6. The molecule has 0 aromatic heterocycles. The molecule has 1 saturated carbocycles. The minimum Gasteiger partial charge on any atom is -0.491 e.